The number of rotatable bonds is 4. The Bertz CT molecular complexity index is 274. The second kappa shape index (κ2) is 6.53. The van der Waals surface area contributed by atoms with Crippen molar-refractivity contribution in [2.45, 2.75) is 32.1 Å². The quantitative estimate of drug-likeness (QED) is 0.780. The number of likely N-dealkylation sites (tertiary alicyclic amines) is 1. The molecular formula is C14H27N3O. The van der Waals surface area contributed by atoms with E-state index in [0.717, 1.165) is 45.3 Å². The Kier molecular flexibility index (Phi) is 5.01. The second-order valence-corrected chi connectivity index (χ2v) is 6.12. The third-order valence-electron chi connectivity index (χ3n) is 4.60. The molecule has 2 fully saturated rings. The van der Waals surface area contributed by atoms with Gasteiger partial charge in [0, 0.05) is 19.0 Å². The van der Waals surface area contributed by atoms with Gasteiger partial charge in [0.2, 0.25) is 5.91 Å². The molecule has 1 saturated heterocycles. The van der Waals surface area contributed by atoms with E-state index in [1.807, 2.05) is 0 Å². The van der Waals surface area contributed by atoms with E-state index in [1.54, 1.807) is 0 Å². The zero-order chi connectivity index (χ0) is 13.0. The molecule has 0 aromatic heterocycles. The van der Waals surface area contributed by atoms with Gasteiger partial charge in [0.25, 0.3) is 0 Å². The normalized spacial score (nSPS) is 33.6. The predicted molar refractivity (Wildman–Crippen MR) is 73.1 cm³/mol. The summed E-state index contributed by atoms with van der Waals surface area (Å²) in [5.74, 6) is 1.82. The van der Waals surface area contributed by atoms with Gasteiger partial charge in [-0.3, -0.25) is 4.79 Å². The van der Waals surface area contributed by atoms with Crippen LogP contribution in [0, 0.1) is 17.8 Å². The Labute approximate surface area is 110 Å². The van der Waals surface area contributed by atoms with E-state index >= 15 is 0 Å². The minimum absolute atomic E-state index is 0.243. The molecule has 0 spiro atoms. The van der Waals surface area contributed by atoms with Gasteiger partial charge < -0.3 is 16.0 Å². The first-order valence-corrected chi connectivity index (χ1v) is 7.35. The maximum Gasteiger partial charge on any atom is 0.223 e. The van der Waals surface area contributed by atoms with E-state index in [0.29, 0.717) is 11.8 Å². The van der Waals surface area contributed by atoms with Crippen molar-refractivity contribution in [3.05, 3.63) is 0 Å². The SMILES string of the molecule is CN1CCC(CNC(=O)C2CCC(CN)CC2)C1. The molecule has 3 N–H and O–H groups in total. The van der Waals surface area contributed by atoms with E-state index in [9.17, 15) is 4.79 Å². The van der Waals surface area contributed by atoms with Crippen LogP contribution in [-0.2, 0) is 4.79 Å². The number of nitrogens with zero attached hydrogens (tertiary/aromatic N) is 1. The van der Waals surface area contributed by atoms with Gasteiger partial charge in [-0.1, -0.05) is 0 Å². The van der Waals surface area contributed by atoms with Crippen molar-refractivity contribution in [2.24, 2.45) is 23.5 Å². The average molecular weight is 253 g/mol. The molecule has 1 amide bonds. The van der Waals surface area contributed by atoms with Crippen LogP contribution in [0.5, 0.6) is 0 Å². The van der Waals surface area contributed by atoms with Crippen molar-refractivity contribution in [1.29, 1.82) is 0 Å². The number of hydrogen-bond donors (Lipinski definition) is 2. The smallest absolute Gasteiger partial charge is 0.223 e. The molecule has 4 nitrogen and oxygen atoms in total. The minimum Gasteiger partial charge on any atom is -0.356 e. The molecule has 104 valence electrons. The largest absolute Gasteiger partial charge is 0.356 e. The van der Waals surface area contributed by atoms with Crippen LogP contribution in [0.15, 0.2) is 0 Å². The van der Waals surface area contributed by atoms with Crippen molar-refractivity contribution in [2.75, 3.05) is 33.2 Å². The van der Waals surface area contributed by atoms with E-state index < -0.39 is 0 Å². The zero-order valence-electron chi connectivity index (χ0n) is 11.5. The molecule has 1 heterocycles. The summed E-state index contributed by atoms with van der Waals surface area (Å²) < 4.78 is 0. The maximum absolute atomic E-state index is 12.1. The standard InChI is InChI=1S/C14H27N3O/c1-17-7-6-12(10-17)9-16-14(18)13-4-2-11(8-15)3-5-13/h11-13H,2-10,15H2,1H3,(H,16,18). The van der Waals surface area contributed by atoms with Gasteiger partial charge in [0.1, 0.15) is 0 Å². The maximum atomic E-state index is 12.1. The Morgan fingerprint density at radius 2 is 1.94 bits per heavy atom. The molecule has 0 aromatic carbocycles. The molecule has 0 aromatic rings. The van der Waals surface area contributed by atoms with Gasteiger partial charge in [-0.25, -0.2) is 0 Å². The van der Waals surface area contributed by atoms with E-state index in [1.165, 1.54) is 13.0 Å². The van der Waals surface area contributed by atoms with Crippen molar-refractivity contribution in [1.82, 2.24) is 10.2 Å². The van der Waals surface area contributed by atoms with Crippen LogP contribution < -0.4 is 11.1 Å². The molecule has 2 aliphatic rings. The number of carbonyl (C=O) groups excluding carboxylic acids is 1. The van der Waals surface area contributed by atoms with Gasteiger partial charge in [0.15, 0.2) is 0 Å². The topological polar surface area (TPSA) is 58.4 Å². The second-order valence-electron chi connectivity index (χ2n) is 6.12. The lowest BCUT2D eigenvalue weighted by atomic mass is 9.81. The highest BCUT2D eigenvalue weighted by Gasteiger charge is 2.26. The van der Waals surface area contributed by atoms with Gasteiger partial charge in [-0.2, -0.15) is 0 Å². The third kappa shape index (κ3) is 3.69. The molecule has 1 aliphatic carbocycles. The summed E-state index contributed by atoms with van der Waals surface area (Å²) in [6.45, 7) is 3.94. The van der Waals surface area contributed by atoms with Crippen molar-refractivity contribution >= 4 is 5.91 Å². The van der Waals surface area contributed by atoms with Crippen molar-refractivity contribution in [3.63, 3.8) is 0 Å². The van der Waals surface area contributed by atoms with E-state index in [2.05, 4.69) is 17.3 Å². The first-order valence-electron chi connectivity index (χ1n) is 7.35. The Morgan fingerprint density at radius 1 is 1.22 bits per heavy atom. The molecule has 1 saturated carbocycles. The van der Waals surface area contributed by atoms with Crippen molar-refractivity contribution < 1.29 is 4.79 Å². The Morgan fingerprint density at radius 3 is 2.50 bits per heavy atom. The molecule has 1 atom stereocenters. The van der Waals surface area contributed by atoms with Gasteiger partial charge in [0.05, 0.1) is 0 Å². The fraction of sp³-hybridized carbons (Fsp3) is 0.929. The fourth-order valence-electron chi connectivity index (χ4n) is 3.24. The lowest BCUT2D eigenvalue weighted by molar-refractivity contribution is -0.126. The number of nitrogens with two attached hydrogens (primary N) is 1. The van der Waals surface area contributed by atoms with Gasteiger partial charge >= 0.3 is 0 Å². The van der Waals surface area contributed by atoms with Crippen LogP contribution in [0.4, 0.5) is 0 Å². The Hall–Kier alpha value is -0.610. The minimum atomic E-state index is 0.243. The van der Waals surface area contributed by atoms with Crippen LogP contribution in [0.25, 0.3) is 0 Å². The predicted octanol–water partition coefficient (Wildman–Crippen LogP) is 0.819. The summed E-state index contributed by atoms with van der Waals surface area (Å²) in [6, 6.07) is 0. The van der Waals surface area contributed by atoms with Crippen LogP contribution in [0.2, 0.25) is 0 Å². The third-order valence-corrected chi connectivity index (χ3v) is 4.60. The van der Waals surface area contributed by atoms with Crippen LogP contribution in [0.3, 0.4) is 0 Å². The Balaban J connectivity index is 1.66. The van der Waals surface area contributed by atoms with Gasteiger partial charge in [-0.15, -0.1) is 0 Å². The zero-order valence-corrected chi connectivity index (χ0v) is 11.5. The highest BCUT2D eigenvalue weighted by atomic mass is 16.1. The van der Waals surface area contributed by atoms with Crippen LogP contribution in [0.1, 0.15) is 32.1 Å². The number of hydrogen-bond acceptors (Lipinski definition) is 3. The number of carbonyl (C=O) groups is 1. The van der Waals surface area contributed by atoms with Gasteiger partial charge in [-0.05, 0) is 64.1 Å². The molecule has 18 heavy (non-hydrogen) atoms. The summed E-state index contributed by atoms with van der Waals surface area (Å²) in [5, 5.41) is 3.15. The first kappa shape index (κ1) is 13.8. The van der Waals surface area contributed by atoms with Crippen molar-refractivity contribution in [3.8, 4) is 0 Å². The monoisotopic (exact) mass is 253 g/mol. The fourth-order valence-corrected chi connectivity index (χ4v) is 3.24. The molecule has 0 radical (unpaired) electrons. The highest BCUT2D eigenvalue weighted by Crippen LogP contribution is 2.28. The summed E-state index contributed by atoms with van der Waals surface area (Å²) in [5.41, 5.74) is 5.67. The van der Waals surface area contributed by atoms with E-state index in [-0.39, 0.29) is 11.8 Å². The number of nitrogens with one attached hydrogen (secondary N) is 1. The molecule has 4 heteroatoms. The van der Waals surface area contributed by atoms with Crippen LogP contribution >= 0.6 is 0 Å². The summed E-state index contributed by atoms with van der Waals surface area (Å²) in [7, 11) is 2.15. The first-order chi connectivity index (χ1) is 8.69. The lowest BCUT2D eigenvalue weighted by Crippen LogP contribution is -2.37. The molecule has 1 unspecified atom stereocenters. The summed E-state index contributed by atoms with van der Waals surface area (Å²) in [4.78, 5) is 14.4. The average Bonchev–Trinajstić information content (AvgIpc) is 2.82. The molecular weight excluding hydrogens is 226 g/mol. The molecule has 0 bridgehead atoms. The summed E-state index contributed by atoms with van der Waals surface area (Å²) in [6.07, 6.45) is 5.52. The number of amides is 1. The van der Waals surface area contributed by atoms with Crippen LogP contribution in [-0.4, -0.2) is 44.0 Å². The van der Waals surface area contributed by atoms with E-state index in [4.69, 9.17) is 5.73 Å². The summed E-state index contributed by atoms with van der Waals surface area (Å²) >= 11 is 0. The molecule has 2 rings (SSSR count). The molecule has 1 aliphatic heterocycles. The lowest BCUT2D eigenvalue weighted by Gasteiger charge is -2.27. The highest BCUT2D eigenvalue weighted by molar-refractivity contribution is 5.78.